The van der Waals surface area contributed by atoms with Crippen LogP contribution in [0.1, 0.15) is 0 Å². The number of urea groups is 2. The van der Waals surface area contributed by atoms with Crippen LogP contribution in [-0.4, -0.2) is 36.2 Å². The number of benzene rings is 1. The summed E-state index contributed by atoms with van der Waals surface area (Å²) in [6.45, 7) is 0. The van der Waals surface area contributed by atoms with Gasteiger partial charge in [0.05, 0.1) is 10.6 Å². The number of amides is 4. The highest BCUT2D eigenvalue weighted by Gasteiger charge is 2.10. The van der Waals surface area contributed by atoms with E-state index in [-0.39, 0.29) is 0 Å². The fourth-order valence-electron chi connectivity index (χ4n) is 1.12. The third-order valence-corrected chi connectivity index (χ3v) is 2.22. The first-order chi connectivity index (χ1) is 9.47. The molecule has 0 aromatic heterocycles. The van der Waals surface area contributed by atoms with Gasteiger partial charge in [0.1, 0.15) is 0 Å². The van der Waals surface area contributed by atoms with Gasteiger partial charge in [0.2, 0.25) is 0 Å². The van der Waals surface area contributed by atoms with Gasteiger partial charge in [-0.2, -0.15) is 10.0 Å². The maximum Gasteiger partial charge on any atom is 0.344 e. The van der Waals surface area contributed by atoms with Crippen molar-refractivity contribution in [1.82, 2.24) is 10.0 Å². The Kier molecular flexibility index (Phi) is 5.09. The molecule has 1 aromatic rings. The van der Waals surface area contributed by atoms with Gasteiger partial charge in [-0.25, -0.2) is 9.59 Å². The van der Waals surface area contributed by atoms with E-state index < -0.39 is 12.1 Å². The zero-order chi connectivity index (χ0) is 15.1. The van der Waals surface area contributed by atoms with Crippen LogP contribution in [0.25, 0.3) is 0 Å². The Morgan fingerprint density at radius 3 is 1.40 bits per heavy atom. The molecule has 4 amide bonds. The first-order valence-electron chi connectivity index (χ1n) is 5.34. The van der Waals surface area contributed by atoms with E-state index in [4.69, 9.17) is 0 Å². The fourth-order valence-corrected chi connectivity index (χ4v) is 1.12. The molecule has 0 saturated carbocycles. The molecule has 0 radical (unpaired) electrons. The SMILES string of the molecule is CN(N=O)C(=O)Nc1ccc(NC(=O)N(C)N=O)cc1. The van der Waals surface area contributed by atoms with E-state index >= 15 is 0 Å². The van der Waals surface area contributed by atoms with Gasteiger partial charge in [-0.05, 0) is 24.3 Å². The predicted molar refractivity (Wildman–Crippen MR) is 71.6 cm³/mol. The zero-order valence-corrected chi connectivity index (χ0v) is 10.7. The second-order valence-corrected chi connectivity index (χ2v) is 3.65. The molecule has 10 nitrogen and oxygen atoms in total. The number of carbonyl (C=O) groups is 2. The summed E-state index contributed by atoms with van der Waals surface area (Å²) < 4.78 is 0. The summed E-state index contributed by atoms with van der Waals surface area (Å²) in [7, 11) is 2.42. The highest BCUT2D eigenvalue weighted by molar-refractivity contribution is 5.91. The molecule has 0 atom stereocenters. The predicted octanol–water partition coefficient (Wildman–Crippen LogP) is 1.98. The molecule has 10 heteroatoms. The molecule has 0 aliphatic carbocycles. The van der Waals surface area contributed by atoms with Crippen molar-refractivity contribution < 1.29 is 9.59 Å². The van der Waals surface area contributed by atoms with E-state index in [1.165, 1.54) is 38.4 Å². The number of anilines is 2. The van der Waals surface area contributed by atoms with Gasteiger partial charge in [-0.1, -0.05) is 0 Å². The summed E-state index contributed by atoms with van der Waals surface area (Å²) in [6, 6.07) is 4.62. The van der Waals surface area contributed by atoms with E-state index in [9.17, 15) is 19.4 Å². The lowest BCUT2D eigenvalue weighted by Gasteiger charge is -2.11. The Labute approximate surface area is 113 Å². The molecule has 2 N–H and O–H groups in total. The Balaban J connectivity index is 2.65. The van der Waals surface area contributed by atoms with E-state index in [2.05, 4.69) is 21.2 Å². The number of carbonyl (C=O) groups excluding carboxylic acids is 2. The van der Waals surface area contributed by atoms with Crippen LogP contribution in [0.4, 0.5) is 21.0 Å². The van der Waals surface area contributed by atoms with Crippen LogP contribution in [-0.2, 0) is 0 Å². The number of hydrogen-bond acceptors (Lipinski definition) is 6. The molecule has 1 aromatic carbocycles. The Morgan fingerprint density at radius 1 is 0.850 bits per heavy atom. The Morgan fingerprint density at radius 2 is 1.15 bits per heavy atom. The highest BCUT2D eigenvalue weighted by atomic mass is 16.3. The van der Waals surface area contributed by atoms with Crippen LogP contribution < -0.4 is 10.6 Å². The summed E-state index contributed by atoms with van der Waals surface area (Å²) in [5.74, 6) is 0. The molecule has 20 heavy (non-hydrogen) atoms. The van der Waals surface area contributed by atoms with Crippen molar-refractivity contribution >= 4 is 23.4 Å². The van der Waals surface area contributed by atoms with Crippen LogP contribution in [0.5, 0.6) is 0 Å². The summed E-state index contributed by atoms with van der Waals surface area (Å²) in [5, 5.41) is 10.9. The summed E-state index contributed by atoms with van der Waals surface area (Å²) in [6.07, 6.45) is 0. The molecule has 0 unspecified atom stereocenters. The lowest BCUT2D eigenvalue weighted by molar-refractivity contribution is 0.223. The van der Waals surface area contributed by atoms with E-state index in [1.54, 1.807) is 0 Å². The van der Waals surface area contributed by atoms with Crippen LogP contribution in [0, 0.1) is 9.81 Å². The van der Waals surface area contributed by atoms with Crippen LogP contribution >= 0.6 is 0 Å². The van der Waals surface area contributed by atoms with Gasteiger partial charge in [0.25, 0.3) is 0 Å². The quantitative estimate of drug-likeness (QED) is 0.646. The topological polar surface area (TPSA) is 124 Å². The number of nitrogens with one attached hydrogen (secondary N) is 2. The second-order valence-electron chi connectivity index (χ2n) is 3.65. The lowest BCUT2D eigenvalue weighted by atomic mass is 10.3. The summed E-state index contributed by atoms with van der Waals surface area (Å²) in [5.41, 5.74) is 0.815. The molecule has 0 saturated heterocycles. The lowest BCUT2D eigenvalue weighted by Crippen LogP contribution is -2.26. The van der Waals surface area contributed by atoms with Crippen molar-refractivity contribution in [2.45, 2.75) is 0 Å². The van der Waals surface area contributed by atoms with Gasteiger partial charge >= 0.3 is 12.1 Å². The minimum Gasteiger partial charge on any atom is -0.306 e. The molecule has 0 fully saturated rings. The Hall–Kier alpha value is -3.04. The molecule has 0 bridgehead atoms. The van der Waals surface area contributed by atoms with Crippen molar-refractivity contribution in [3.63, 3.8) is 0 Å². The number of hydrogen-bond donors (Lipinski definition) is 2. The maximum absolute atomic E-state index is 11.3. The minimum absolute atomic E-state index is 0.408. The smallest absolute Gasteiger partial charge is 0.306 e. The first kappa shape index (κ1) is 15.0. The van der Waals surface area contributed by atoms with Crippen molar-refractivity contribution in [2.75, 3.05) is 24.7 Å². The van der Waals surface area contributed by atoms with Crippen LogP contribution in [0.3, 0.4) is 0 Å². The van der Waals surface area contributed by atoms with Gasteiger partial charge in [0, 0.05) is 25.5 Å². The van der Waals surface area contributed by atoms with Gasteiger partial charge in [-0.3, -0.25) is 0 Å². The monoisotopic (exact) mass is 280 g/mol. The minimum atomic E-state index is -0.693. The third kappa shape index (κ3) is 4.01. The highest BCUT2D eigenvalue weighted by Crippen LogP contribution is 2.14. The largest absolute Gasteiger partial charge is 0.344 e. The molecule has 0 aliphatic heterocycles. The van der Waals surface area contributed by atoms with E-state index in [1.807, 2.05) is 0 Å². The van der Waals surface area contributed by atoms with Crippen LogP contribution in [0.15, 0.2) is 34.8 Å². The average Bonchev–Trinajstić information content (AvgIpc) is 2.47. The third-order valence-electron chi connectivity index (χ3n) is 2.22. The zero-order valence-electron chi connectivity index (χ0n) is 10.7. The first-order valence-corrected chi connectivity index (χ1v) is 5.34. The van der Waals surface area contributed by atoms with Gasteiger partial charge in [0.15, 0.2) is 0 Å². The van der Waals surface area contributed by atoms with E-state index in [0.29, 0.717) is 21.4 Å². The van der Waals surface area contributed by atoms with Crippen molar-refractivity contribution in [2.24, 2.45) is 10.6 Å². The molecular formula is C10H12N6O4. The number of nitroso groups, excluding NO2 is 2. The standard InChI is InChI=1S/C10H12N6O4/c1-15(13-19)9(17)11-7-3-5-8(6-4-7)12-10(18)16(2)14-20/h3-6H,1-2H3,(H,11,17)(H,12,18). The van der Waals surface area contributed by atoms with Crippen molar-refractivity contribution in [3.8, 4) is 0 Å². The molecular weight excluding hydrogens is 268 g/mol. The van der Waals surface area contributed by atoms with Crippen LogP contribution in [0.2, 0.25) is 0 Å². The molecule has 0 spiro atoms. The van der Waals surface area contributed by atoms with Gasteiger partial charge in [-0.15, -0.1) is 9.81 Å². The Bertz CT molecular complexity index is 470. The maximum atomic E-state index is 11.3. The fraction of sp³-hybridized carbons (Fsp3) is 0.200. The number of nitrogens with zero attached hydrogens (tertiary/aromatic N) is 4. The van der Waals surface area contributed by atoms with Crippen molar-refractivity contribution in [1.29, 1.82) is 0 Å². The number of rotatable bonds is 4. The molecule has 1 rings (SSSR count). The molecule has 0 aliphatic rings. The van der Waals surface area contributed by atoms with Crippen molar-refractivity contribution in [3.05, 3.63) is 34.1 Å². The molecule has 106 valence electrons. The normalized spacial score (nSPS) is 9.30. The molecule has 0 heterocycles. The second kappa shape index (κ2) is 6.78. The van der Waals surface area contributed by atoms with Gasteiger partial charge < -0.3 is 10.6 Å². The van der Waals surface area contributed by atoms with E-state index in [0.717, 1.165) is 0 Å². The summed E-state index contributed by atoms with van der Waals surface area (Å²) in [4.78, 5) is 42.9. The average molecular weight is 280 g/mol. The summed E-state index contributed by atoms with van der Waals surface area (Å²) >= 11 is 0.